The van der Waals surface area contributed by atoms with Gasteiger partial charge in [0.25, 0.3) is 0 Å². The molecule has 0 saturated carbocycles. The summed E-state index contributed by atoms with van der Waals surface area (Å²) in [6.07, 6.45) is 7.02. The summed E-state index contributed by atoms with van der Waals surface area (Å²) in [4.78, 5) is 21.8. The fourth-order valence-electron chi connectivity index (χ4n) is 1.74. The van der Waals surface area contributed by atoms with E-state index in [0.29, 0.717) is 6.42 Å². The topological polar surface area (TPSA) is 43.4 Å². The van der Waals surface area contributed by atoms with Crippen molar-refractivity contribution in [3.8, 4) is 0 Å². The highest BCUT2D eigenvalue weighted by atomic mass is 16.6. The van der Waals surface area contributed by atoms with E-state index in [2.05, 4.69) is 11.7 Å². The lowest BCUT2D eigenvalue weighted by atomic mass is 9.99. The molecule has 3 heteroatoms. The van der Waals surface area contributed by atoms with E-state index in [-0.39, 0.29) is 17.9 Å². The molecule has 1 saturated heterocycles. The van der Waals surface area contributed by atoms with Crippen LogP contribution in [-0.4, -0.2) is 11.9 Å². The number of unbranched alkanes of at least 4 members (excludes halogenated alkanes) is 4. The molecule has 0 aromatic rings. The van der Waals surface area contributed by atoms with E-state index in [1.54, 1.807) is 0 Å². The molecular weight excluding hydrogens is 180 g/mol. The van der Waals surface area contributed by atoms with Crippen molar-refractivity contribution < 1.29 is 14.3 Å². The van der Waals surface area contributed by atoms with Crippen LogP contribution in [0.15, 0.2) is 0 Å². The first kappa shape index (κ1) is 11.2. The maximum Gasteiger partial charge on any atom is 0.317 e. The van der Waals surface area contributed by atoms with Crippen molar-refractivity contribution >= 4 is 11.9 Å². The number of carbonyl (C=O) groups excluding carboxylic acids is 2. The van der Waals surface area contributed by atoms with Crippen LogP contribution >= 0.6 is 0 Å². The Bertz CT molecular complexity index is 211. The van der Waals surface area contributed by atoms with Gasteiger partial charge in [-0.25, -0.2) is 0 Å². The Morgan fingerprint density at radius 1 is 1.21 bits per heavy atom. The summed E-state index contributed by atoms with van der Waals surface area (Å²) >= 11 is 0. The number of carbonyl (C=O) groups is 2. The van der Waals surface area contributed by atoms with Crippen molar-refractivity contribution in [2.45, 2.75) is 51.9 Å². The molecule has 80 valence electrons. The van der Waals surface area contributed by atoms with Crippen molar-refractivity contribution in [2.24, 2.45) is 5.92 Å². The van der Waals surface area contributed by atoms with Crippen LogP contribution in [0.5, 0.6) is 0 Å². The first-order chi connectivity index (χ1) is 6.74. The number of hydrogen-bond acceptors (Lipinski definition) is 3. The highest BCUT2D eigenvalue weighted by molar-refractivity contribution is 5.94. The predicted molar refractivity (Wildman–Crippen MR) is 52.6 cm³/mol. The first-order valence-corrected chi connectivity index (χ1v) is 5.48. The number of cyclic esters (lactones) is 2. The van der Waals surface area contributed by atoms with Crippen LogP contribution in [-0.2, 0) is 14.3 Å². The molecule has 0 unspecified atom stereocenters. The Labute approximate surface area is 84.8 Å². The molecule has 1 heterocycles. The fourth-order valence-corrected chi connectivity index (χ4v) is 1.74. The molecule has 0 aliphatic carbocycles. The standard InChI is InChI=1S/C11H18O3/c1-2-3-4-5-6-7-9-8-10(12)14-11(9)13/h9H,2-8H2,1H3/t9-/m0/s1. The normalized spacial score (nSPS) is 21.4. The van der Waals surface area contributed by atoms with Crippen LogP contribution in [0.3, 0.4) is 0 Å². The molecule has 0 spiro atoms. The van der Waals surface area contributed by atoms with Crippen molar-refractivity contribution in [2.75, 3.05) is 0 Å². The number of hydrogen-bond donors (Lipinski definition) is 0. The van der Waals surface area contributed by atoms with Gasteiger partial charge in [0.05, 0.1) is 12.3 Å². The van der Waals surface area contributed by atoms with E-state index in [4.69, 9.17) is 0 Å². The molecule has 14 heavy (non-hydrogen) atoms. The Hall–Kier alpha value is -0.860. The van der Waals surface area contributed by atoms with E-state index in [1.165, 1.54) is 19.3 Å². The minimum Gasteiger partial charge on any atom is -0.393 e. The van der Waals surface area contributed by atoms with Gasteiger partial charge in [-0.2, -0.15) is 0 Å². The highest BCUT2D eigenvalue weighted by Gasteiger charge is 2.32. The molecule has 0 amide bonds. The zero-order valence-corrected chi connectivity index (χ0v) is 8.75. The van der Waals surface area contributed by atoms with Gasteiger partial charge in [0, 0.05) is 0 Å². The summed E-state index contributed by atoms with van der Waals surface area (Å²) in [5, 5.41) is 0. The molecule has 0 aromatic heterocycles. The van der Waals surface area contributed by atoms with E-state index < -0.39 is 0 Å². The molecule has 0 bridgehead atoms. The lowest BCUT2D eigenvalue weighted by Gasteiger charge is -2.03. The first-order valence-electron chi connectivity index (χ1n) is 5.48. The molecule has 0 radical (unpaired) electrons. The van der Waals surface area contributed by atoms with Gasteiger partial charge in [-0.15, -0.1) is 0 Å². The molecule has 1 fully saturated rings. The third-order valence-electron chi connectivity index (χ3n) is 2.62. The van der Waals surface area contributed by atoms with E-state index in [1.807, 2.05) is 0 Å². The second-order valence-corrected chi connectivity index (χ2v) is 3.90. The van der Waals surface area contributed by atoms with Crippen LogP contribution in [0, 0.1) is 5.92 Å². The van der Waals surface area contributed by atoms with Gasteiger partial charge in [-0.1, -0.05) is 39.0 Å². The van der Waals surface area contributed by atoms with Gasteiger partial charge in [-0.3, -0.25) is 9.59 Å². The van der Waals surface area contributed by atoms with Crippen LogP contribution in [0.2, 0.25) is 0 Å². The Kier molecular flexibility index (Phi) is 4.63. The van der Waals surface area contributed by atoms with Crippen LogP contribution in [0.1, 0.15) is 51.9 Å². The molecule has 0 N–H and O–H groups in total. The van der Waals surface area contributed by atoms with Gasteiger partial charge in [0.1, 0.15) is 0 Å². The van der Waals surface area contributed by atoms with E-state index >= 15 is 0 Å². The number of ether oxygens (including phenoxy) is 1. The molecule has 0 aromatic carbocycles. The molecule has 1 aliphatic rings. The van der Waals surface area contributed by atoms with Crippen molar-refractivity contribution in [3.05, 3.63) is 0 Å². The van der Waals surface area contributed by atoms with Gasteiger partial charge < -0.3 is 4.74 Å². The van der Waals surface area contributed by atoms with Gasteiger partial charge >= 0.3 is 11.9 Å². The second-order valence-electron chi connectivity index (χ2n) is 3.90. The third-order valence-corrected chi connectivity index (χ3v) is 2.62. The van der Waals surface area contributed by atoms with E-state index in [9.17, 15) is 9.59 Å². The molecule has 1 atom stereocenters. The number of esters is 2. The Balaban J connectivity index is 2.07. The third kappa shape index (κ3) is 3.48. The highest BCUT2D eigenvalue weighted by Crippen LogP contribution is 2.22. The maximum absolute atomic E-state index is 11.1. The molecular formula is C11H18O3. The Morgan fingerprint density at radius 3 is 2.50 bits per heavy atom. The molecule has 1 rings (SSSR count). The minimum atomic E-state index is -0.353. The number of rotatable bonds is 6. The smallest absolute Gasteiger partial charge is 0.317 e. The quantitative estimate of drug-likeness (QED) is 0.374. The second kappa shape index (κ2) is 5.78. The van der Waals surface area contributed by atoms with Gasteiger partial charge in [0.2, 0.25) is 0 Å². The summed E-state index contributed by atoms with van der Waals surface area (Å²) < 4.78 is 4.47. The maximum atomic E-state index is 11.1. The summed E-state index contributed by atoms with van der Waals surface area (Å²) in [6, 6.07) is 0. The van der Waals surface area contributed by atoms with Crippen molar-refractivity contribution in [3.63, 3.8) is 0 Å². The monoisotopic (exact) mass is 198 g/mol. The summed E-state index contributed by atoms with van der Waals surface area (Å²) in [5.41, 5.74) is 0. The van der Waals surface area contributed by atoms with Gasteiger partial charge in [0.15, 0.2) is 0 Å². The lowest BCUT2D eigenvalue weighted by molar-refractivity contribution is -0.153. The zero-order valence-electron chi connectivity index (χ0n) is 8.75. The van der Waals surface area contributed by atoms with Gasteiger partial charge in [-0.05, 0) is 6.42 Å². The Morgan fingerprint density at radius 2 is 1.93 bits per heavy atom. The van der Waals surface area contributed by atoms with Crippen molar-refractivity contribution in [1.82, 2.24) is 0 Å². The summed E-state index contributed by atoms with van der Waals surface area (Å²) in [7, 11) is 0. The summed E-state index contributed by atoms with van der Waals surface area (Å²) in [6.45, 7) is 2.17. The van der Waals surface area contributed by atoms with Crippen LogP contribution in [0.4, 0.5) is 0 Å². The fraction of sp³-hybridized carbons (Fsp3) is 0.818. The molecule has 3 nitrogen and oxygen atoms in total. The average Bonchev–Trinajstić information content (AvgIpc) is 2.45. The van der Waals surface area contributed by atoms with E-state index in [0.717, 1.165) is 19.3 Å². The van der Waals surface area contributed by atoms with Crippen LogP contribution in [0.25, 0.3) is 0 Å². The predicted octanol–water partition coefficient (Wildman–Crippen LogP) is 2.44. The SMILES string of the molecule is CCCCCCC[C@H]1CC(=O)OC1=O. The zero-order chi connectivity index (χ0) is 10.4. The average molecular weight is 198 g/mol. The largest absolute Gasteiger partial charge is 0.393 e. The summed E-state index contributed by atoms with van der Waals surface area (Å²) in [5.74, 6) is -0.817. The van der Waals surface area contributed by atoms with Crippen LogP contribution < -0.4 is 0 Å². The van der Waals surface area contributed by atoms with Crippen molar-refractivity contribution in [1.29, 1.82) is 0 Å². The lowest BCUT2D eigenvalue weighted by Crippen LogP contribution is -2.06. The molecule has 1 aliphatic heterocycles. The minimum absolute atomic E-state index is 0.149.